The molecule has 2 aliphatic heterocycles. The summed E-state index contributed by atoms with van der Waals surface area (Å²) in [6.07, 6.45) is 1.21. The Balaban J connectivity index is 1.60. The molecule has 3 N–H and O–H groups in total. The van der Waals surface area contributed by atoms with E-state index >= 15 is 19.2 Å². The van der Waals surface area contributed by atoms with Crippen molar-refractivity contribution in [1.82, 2.24) is 60.0 Å². The second-order valence-corrected chi connectivity index (χ2v) is 30.3. The van der Waals surface area contributed by atoms with E-state index in [0.717, 1.165) is 45.3 Å². The van der Waals surface area contributed by atoms with Crippen LogP contribution in [-0.2, 0) is 57.5 Å². The number of likely N-dealkylation sites (N-methyl/N-ethyl adjacent to an activating group) is 8. The molecule has 5 rings (SSSR count). The predicted molar refractivity (Wildman–Crippen MR) is 360 cm³/mol. The number of halogens is 4. The van der Waals surface area contributed by atoms with Gasteiger partial charge in [0.25, 0.3) is 0 Å². The summed E-state index contributed by atoms with van der Waals surface area (Å²) in [5.74, 6) is -10.7. The van der Waals surface area contributed by atoms with E-state index in [1.165, 1.54) is 87.9 Å². The molecule has 0 aromatic carbocycles. The van der Waals surface area contributed by atoms with Crippen LogP contribution in [0.4, 0.5) is 13.2 Å². The lowest BCUT2D eigenvalue weighted by Gasteiger charge is -2.41. The van der Waals surface area contributed by atoms with Gasteiger partial charge in [-0.3, -0.25) is 57.5 Å². The van der Waals surface area contributed by atoms with Crippen molar-refractivity contribution in [1.29, 1.82) is 0 Å². The molecular formula is C69H114ClF3N12O12. The summed E-state index contributed by atoms with van der Waals surface area (Å²) in [6, 6.07) is -8.72. The van der Waals surface area contributed by atoms with Crippen molar-refractivity contribution in [3.8, 4) is 0 Å². The number of carbonyl (C=O) groups excluding carboxylic acids is 12. The summed E-state index contributed by atoms with van der Waals surface area (Å²) in [6.45, 7) is 11.4. The van der Waals surface area contributed by atoms with Crippen LogP contribution in [0.3, 0.4) is 0 Å². The first-order chi connectivity index (χ1) is 45.3. The molecule has 3 saturated carbocycles. The van der Waals surface area contributed by atoms with E-state index in [2.05, 4.69) is 22.9 Å². The van der Waals surface area contributed by atoms with Gasteiger partial charge in [-0.2, -0.15) is 13.2 Å². The fourth-order valence-corrected chi connectivity index (χ4v) is 15.3. The summed E-state index contributed by atoms with van der Waals surface area (Å²) < 4.78 is 41.9. The van der Waals surface area contributed by atoms with Crippen LogP contribution in [0.2, 0.25) is 0 Å². The second kappa shape index (κ2) is 35.7. The van der Waals surface area contributed by atoms with Gasteiger partial charge in [-0.1, -0.05) is 99.8 Å². The summed E-state index contributed by atoms with van der Waals surface area (Å²) in [5.41, 5.74) is -1.57. The zero-order chi connectivity index (χ0) is 72.9. The molecule has 5 aliphatic rings. The Morgan fingerprint density at radius 2 is 1.21 bits per heavy atom. The van der Waals surface area contributed by atoms with Crippen molar-refractivity contribution in [2.24, 2.45) is 41.4 Å². The summed E-state index contributed by atoms with van der Waals surface area (Å²) >= 11 is 6.39. The number of alkyl halides is 4. The topological polar surface area (TPSA) is 270 Å². The highest BCUT2D eigenvalue weighted by Gasteiger charge is 2.52. The van der Waals surface area contributed by atoms with Gasteiger partial charge in [0.2, 0.25) is 70.9 Å². The highest BCUT2D eigenvalue weighted by Crippen LogP contribution is 2.44. The second-order valence-electron chi connectivity index (χ2n) is 29.7. The molecular weight excluding hydrogens is 1280 g/mol. The maximum Gasteiger partial charge on any atom is 0.393 e. The first kappa shape index (κ1) is 81.4. The Morgan fingerprint density at radius 3 is 1.77 bits per heavy atom. The molecule has 3 aliphatic carbocycles. The Hall–Kier alpha value is -6.28. The number of nitrogens with one attached hydrogen (secondary N) is 3. The van der Waals surface area contributed by atoms with Gasteiger partial charge in [-0.05, 0) is 106 Å². The van der Waals surface area contributed by atoms with E-state index in [-0.39, 0.29) is 88.5 Å². The van der Waals surface area contributed by atoms with Crippen molar-refractivity contribution in [3.05, 3.63) is 0 Å². The lowest BCUT2D eigenvalue weighted by molar-refractivity contribution is -0.182. The summed E-state index contributed by atoms with van der Waals surface area (Å²) in [7, 11) is 12.8. The van der Waals surface area contributed by atoms with Crippen LogP contribution in [-0.4, -0.2) is 264 Å². The van der Waals surface area contributed by atoms with Crippen molar-refractivity contribution in [2.75, 3.05) is 89.6 Å². The molecule has 1 spiro atoms. The third kappa shape index (κ3) is 20.9. The van der Waals surface area contributed by atoms with E-state index in [9.17, 15) is 51.5 Å². The average molecular weight is 1400 g/mol. The molecule has 3 unspecified atom stereocenters. The van der Waals surface area contributed by atoms with E-state index in [0.29, 0.717) is 38.0 Å². The van der Waals surface area contributed by atoms with Crippen LogP contribution < -0.4 is 16.0 Å². The molecule has 0 bridgehead atoms. The Morgan fingerprint density at radius 1 is 0.629 bits per heavy atom. The normalized spacial score (nSPS) is 30.2. The van der Waals surface area contributed by atoms with Gasteiger partial charge >= 0.3 is 6.18 Å². The maximum atomic E-state index is 15.4. The van der Waals surface area contributed by atoms with Gasteiger partial charge in [0.05, 0.1) is 32.0 Å². The molecule has 0 aromatic heterocycles. The predicted octanol–water partition coefficient (Wildman–Crippen LogP) is 5.27. The van der Waals surface area contributed by atoms with Crippen molar-refractivity contribution in [2.45, 2.75) is 236 Å². The average Bonchev–Trinajstić information content (AvgIpc) is 1.74. The largest absolute Gasteiger partial charge is 0.393 e. The number of hydrogen-bond acceptors (Lipinski definition) is 12. The fourth-order valence-electron chi connectivity index (χ4n) is 14.8. The molecule has 97 heavy (non-hydrogen) atoms. The highest BCUT2D eigenvalue weighted by molar-refractivity contribution is 6.20. The number of hydrogen-bond donors (Lipinski definition) is 3. The van der Waals surface area contributed by atoms with Crippen LogP contribution in [0, 0.1) is 41.4 Å². The fraction of sp³-hybridized carbons (Fsp3) is 0.826. The van der Waals surface area contributed by atoms with Crippen LogP contribution in [0.15, 0.2) is 0 Å². The van der Waals surface area contributed by atoms with Gasteiger partial charge in [-0.15, -0.1) is 11.6 Å². The summed E-state index contributed by atoms with van der Waals surface area (Å²) in [4.78, 5) is 188. The minimum Gasteiger partial charge on any atom is -0.347 e. The van der Waals surface area contributed by atoms with Gasteiger partial charge in [-0.25, -0.2) is 0 Å². The van der Waals surface area contributed by atoms with Gasteiger partial charge in [0.1, 0.15) is 47.8 Å². The van der Waals surface area contributed by atoms with Crippen molar-refractivity contribution in [3.63, 3.8) is 0 Å². The van der Waals surface area contributed by atoms with Gasteiger partial charge < -0.3 is 60.0 Å². The lowest BCUT2D eigenvalue weighted by Crippen LogP contribution is -2.65. The van der Waals surface area contributed by atoms with Gasteiger partial charge in [0.15, 0.2) is 0 Å². The monoisotopic (exact) mass is 1390 g/mol. The molecule has 0 aromatic rings. The number of carbonyl (C=O) groups is 12. The zero-order valence-electron chi connectivity index (χ0n) is 60.6. The molecule has 12 atom stereocenters. The Labute approximate surface area is 578 Å². The molecule has 24 nitrogen and oxygen atoms in total. The SMILES string of the molecule is CC[C@H](C)[C@@H]1NC(=O)[C@H](CC(C)C)N(C)C(=O)C[C@@H](C(=O)N(C)C)N(C)C(=O)[C@H]([C@@H](C)CC)N(C)C(=O)C2(CCCC2)NC(=O)[C@@H]2CCCN2C(=O)[C@H](CCC2CCC(C(F)(F)F)C(Cl)C2)NC(=O)CN(C)C(=O)[C@H](CC2CCC(C)CC2)N(C)C(=O)CN(C)C(=O)CN(C)C1=O. The van der Waals surface area contributed by atoms with Crippen LogP contribution in [0.25, 0.3) is 0 Å². The quantitative estimate of drug-likeness (QED) is 0.211. The number of amides is 12. The number of rotatable bonds is 12. The minimum absolute atomic E-state index is 0.00415. The van der Waals surface area contributed by atoms with Crippen LogP contribution >= 0.6 is 11.6 Å². The summed E-state index contributed by atoms with van der Waals surface area (Å²) in [5, 5.41) is 7.50. The van der Waals surface area contributed by atoms with Gasteiger partial charge in [0, 0.05) is 75.4 Å². The third-order valence-corrected chi connectivity index (χ3v) is 22.2. The lowest BCUT2D eigenvalue weighted by atomic mass is 9.78. The molecule has 12 amide bonds. The Bertz CT molecular complexity index is 2800. The molecule has 2 saturated heterocycles. The van der Waals surface area contributed by atoms with E-state index in [4.69, 9.17) is 11.6 Å². The van der Waals surface area contributed by atoms with E-state index in [1.807, 2.05) is 27.7 Å². The van der Waals surface area contributed by atoms with E-state index < -0.39 is 174 Å². The highest BCUT2D eigenvalue weighted by atomic mass is 35.5. The number of fused-ring (bicyclic) bond motifs is 1. The molecule has 28 heteroatoms. The Kier molecular flexibility index (Phi) is 29.9. The molecule has 2 heterocycles. The maximum absolute atomic E-state index is 15.4. The smallest absolute Gasteiger partial charge is 0.347 e. The molecule has 550 valence electrons. The van der Waals surface area contributed by atoms with E-state index in [1.54, 1.807) is 13.8 Å². The van der Waals surface area contributed by atoms with Crippen LogP contribution in [0.5, 0.6) is 0 Å². The first-order valence-electron chi connectivity index (χ1n) is 35.2. The standard InChI is InChI=1S/C69H114ClF3N12O12/c1-17-43(6)58-65(95)80(12)39-56(88)78(10)40-57(89)82(14)52(36-46-25-23-42(5)24-26-46)64(94)79(11)38-54(86)74-49(30-28-45-27-29-47(48(70)35-45)69(71,72)73)62(92)85-33-21-22-50(85)61(91)76-68(31-19-20-32-68)67(97)84(16)59(44(7)18-2)66(96)83(15)53(63(93)77(8)9)37-55(87)81(13)51(34-41(3)4)60(90)75-58/h41-53,58-59H,17-40H2,1-16H3,(H,74,86)(H,75,90)(H,76,91)/t42?,43-,44-,45?,46?,47?,48?,49-,50-,51-,52-,53-,58-,59-/m0/s1. The minimum atomic E-state index is -4.51. The molecule has 5 fully saturated rings. The van der Waals surface area contributed by atoms with Crippen molar-refractivity contribution < 1.29 is 70.7 Å². The number of nitrogens with zero attached hydrogens (tertiary/aromatic N) is 9. The zero-order valence-corrected chi connectivity index (χ0v) is 61.3. The third-order valence-electron chi connectivity index (χ3n) is 21.7. The van der Waals surface area contributed by atoms with Crippen molar-refractivity contribution >= 4 is 82.5 Å². The molecule has 0 radical (unpaired) electrons. The van der Waals surface area contributed by atoms with Crippen LogP contribution in [0.1, 0.15) is 177 Å². The first-order valence-corrected chi connectivity index (χ1v) is 35.7.